The molecular weight excluding hydrogens is 452 g/mol. The minimum atomic E-state index is -0.936. The topological polar surface area (TPSA) is 92.8 Å². The number of aryl methyl sites for hydroxylation is 1. The van der Waals surface area contributed by atoms with Gasteiger partial charge in [-0.25, -0.2) is 4.39 Å². The van der Waals surface area contributed by atoms with E-state index in [2.05, 4.69) is 22.6 Å². The molecule has 0 aliphatic heterocycles. The molecule has 0 heterocycles. The summed E-state index contributed by atoms with van der Waals surface area (Å²) in [5.74, 6) is -1.20. The second-order valence-electron chi connectivity index (χ2n) is 6.02. The molecule has 0 radical (unpaired) electrons. The number of aliphatic hydroxyl groups is 2. The summed E-state index contributed by atoms with van der Waals surface area (Å²) in [5.41, 5.74) is 8.07. The number of benzene rings is 2. The summed E-state index contributed by atoms with van der Waals surface area (Å²) < 4.78 is 20.6. The standard InChI is InChI=1S/C19H21FINO4/c1-11-6-15(21)3-2-12(11)7-13-8-14(20)9-17(18(13)19(22)25)26-5-4-16(24)10-23/h2-3,6,8-9,16,23-24H,4-5,7,10H2,1H3,(H2,22,25)/t16-/m1/s1. The van der Waals surface area contributed by atoms with E-state index < -0.39 is 24.4 Å². The lowest BCUT2D eigenvalue weighted by Crippen LogP contribution is -2.19. The van der Waals surface area contributed by atoms with Gasteiger partial charge in [-0.15, -0.1) is 0 Å². The molecule has 2 aromatic rings. The second-order valence-corrected chi connectivity index (χ2v) is 7.27. The van der Waals surface area contributed by atoms with Crippen molar-refractivity contribution in [1.82, 2.24) is 0 Å². The zero-order chi connectivity index (χ0) is 19.3. The third kappa shape index (κ3) is 5.39. The quantitative estimate of drug-likeness (QED) is 0.514. The second kappa shape index (κ2) is 9.29. The summed E-state index contributed by atoms with van der Waals surface area (Å²) >= 11 is 2.21. The number of rotatable bonds is 8. The molecular formula is C19H21FINO4. The molecule has 2 rings (SSSR count). The first-order valence-electron chi connectivity index (χ1n) is 8.10. The Hall–Kier alpha value is -1.71. The lowest BCUT2D eigenvalue weighted by molar-refractivity contribution is 0.0750. The van der Waals surface area contributed by atoms with Crippen LogP contribution in [0.4, 0.5) is 4.39 Å². The van der Waals surface area contributed by atoms with Crippen LogP contribution in [0.2, 0.25) is 0 Å². The molecule has 5 nitrogen and oxygen atoms in total. The molecule has 4 N–H and O–H groups in total. The van der Waals surface area contributed by atoms with Crippen LogP contribution >= 0.6 is 22.6 Å². The number of ether oxygens (including phenoxy) is 1. The minimum Gasteiger partial charge on any atom is -0.493 e. The van der Waals surface area contributed by atoms with Crippen molar-refractivity contribution >= 4 is 28.5 Å². The number of amides is 1. The van der Waals surface area contributed by atoms with Crippen molar-refractivity contribution in [3.8, 4) is 5.75 Å². The Bertz CT molecular complexity index is 797. The number of hydrogen-bond donors (Lipinski definition) is 3. The third-order valence-electron chi connectivity index (χ3n) is 4.00. The van der Waals surface area contributed by atoms with Crippen LogP contribution in [0.3, 0.4) is 0 Å². The van der Waals surface area contributed by atoms with Gasteiger partial charge >= 0.3 is 0 Å². The predicted molar refractivity (Wildman–Crippen MR) is 105 cm³/mol. The van der Waals surface area contributed by atoms with Crippen LogP contribution in [-0.4, -0.2) is 35.4 Å². The molecule has 2 aromatic carbocycles. The first-order valence-corrected chi connectivity index (χ1v) is 9.18. The maximum absolute atomic E-state index is 14.1. The van der Waals surface area contributed by atoms with Crippen LogP contribution in [0, 0.1) is 16.3 Å². The van der Waals surface area contributed by atoms with Gasteiger partial charge in [0.15, 0.2) is 0 Å². The van der Waals surface area contributed by atoms with Gasteiger partial charge in [-0.05, 0) is 70.8 Å². The van der Waals surface area contributed by atoms with Gasteiger partial charge in [0.05, 0.1) is 24.9 Å². The van der Waals surface area contributed by atoms with Gasteiger partial charge in [-0.1, -0.05) is 6.07 Å². The Kier molecular flexibility index (Phi) is 7.36. The normalized spacial score (nSPS) is 12.0. The molecule has 0 aliphatic carbocycles. The predicted octanol–water partition coefficient (Wildman–Crippen LogP) is 2.55. The van der Waals surface area contributed by atoms with Gasteiger partial charge < -0.3 is 20.7 Å². The molecule has 0 saturated heterocycles. The number of nitrogens with two attached hydrogens (primary N) is 1. The van der Waals surface area contributed by atoms with Crippen LogP contribution in [-0.2, 0) is 6.42 Å². The van der Waals surface area contributed by atoms with Crippen molar-refractivity contribution in [2.75, 3.05) is 13.2 Å². The van der Waals surface area contributed by atoms with Gasteiger partial charge in [0, 0.05) is 16.1 Å². The Morgan fingerprint density at radius 1 is 1.31 bits per heavy atom. The number of aliphatic hydroxyl groups excluding tert-OH is 2. The summed E-state index contributed by atoms with van der Waals surface area (Å²) in [6, 6.07) is 8.28. The van der Waals surface area contributed by atoms with Gasteiger partial charge in [0.1, 0.15) is 11.6 Å². The average molecular weight is 473 g/mol. The Labute approximate surface area is 165 Å². The van der Waals surface area contributed by atoms with Crippen molar-refractivity contribution in [2.45, 2.75) is 25.9 Å². The van der Waals surface area contributed by atoms with E-state index in [4.69, 9.17) is 15.6 Å². The summed E-state index contributed by atoms with van der Waals surface area (Å²) in [7, 11) is 0. The van der Waals surface area contributed by atoms with E-state index in [-0.39, 0.29) is 24.3 Å². The Morgan fingerprint density at radius 2 is 2.04 bits per heavy atom. The molecule has 0 bridgehead atoms. The van der Waals surface area contributed by atoms with Crippen LogP contribution in [0.1, 0.15) is 33.5 Å². The first kappa shape index (κ1) is 20.6. The van der Waals surface area contributed by atoms with Crippen LogP contribution in [0.5, 0.6) is 5.75 Å². The fraction of sp³-hybridized carbons (Fsp3) is 0.316. The smallest absolute Gasteiger partial charge is 0.252 e. The molecule has 0 fully saturated rings. The fourth-order valence-corrected chi connectivity index (χ4v) is 3.27. The van der Waals surface area contributed by atoms with E-state index in [1.807, 2.05) is 25.1 Å². The number of carbonyl (C=O) groups is 1. The van der Waals surface area contributed by atoms with Crippen molar-refractivity contribution in [3.63, 3.8) is 0 Å². The van der Waals surface area contributed by atoms with E-state index in [1.165, 1.54) is 6.07 Å². The number of halogens is 2. The van der Waals surface area contributed by atoms with Crippen molar-refractivity contribution in [3.05, 3.63) is 62.0 Å². The van der Waals surface area contributed by atoms with Crippen LogP contribution in [0.25, 0.3) is 0 Å². The van der Waals surface area contributed by atoms with Crippen molar-refractivity contribution < 1.29 is 24.1 Å². The maximum Gasteiger partial charge on any atom is 0.252 e. The molecule has 0 spiro atoms. The molecule has 0 saturated carbocycles. The maximum atomic E-state index is 14.1. The number of carbonyl (C=O) groups excluding carboxylic acids is 1. The molecule has 7 heteroatoms. The number of hydrogen-bond acceptors (Lipinski definition) is 4. The summed E-state index contributed by atoms with van der Waals surface area (Å²) in [4.78, 5) is 12.0. The summed E-state index contributed by atoms with van der Waals surface area (Å²) in [6.07, 6.45) is -0.444. The molecule has 1 amide bonds. The van der Waals surface area contributed by atoms with E-state index in [9.17, 15) is 14.3 Å². The summed E-state index contributed by atoms with van der Waals surface area (Å²) in [5, 5.41) is 18.2. The van der Waals surface area contributed by atoms with Crippen molar-refractivity contribution in [2.24, 2.45) is 5.73 Å². The highest BCUT2D eigenvalue weighted by Gasteiger charge is 2.18. The first-order chi connectivity index (χ1) is 12.3. The third-order valence-corrected chi connectivity index (χ3v) is 4.67. The van der Waals surface area contributed by atoms with Crippen LogP contribution < -0.4 is 10.5 Å². The molecule has 0 aromatic heterocycles. The molecule has 1 atom stereocenters. The van der Waals surface area contributed by atoms with E-state index >= 15 is 0 Å². The van der Waals surface area contributed by atoms with Gasteiger partial charge in [-0.3, -0.25) is 4.79 Å². The lowest BCUT2D eigenvalue weighted by atomic mass is 9.96. The lowest BCUT2D eigenvalue weighted by Gasteiger charge is -2.16. The van der Waals surface area contributed by atoms with Gasteiger partial charge in [0.25, 0.3) is 5.91 Å². The van der Waals surface area contributed by atoms with Crippen LogP contribution in [0.15, 0.2) is 30.3 Å². The molecule has 26 heavy (non-hydrogen) atoms. The van der Waals surface area contributed by atoms with Gasteiger partial charge in [0.2, 0.25) is 0 Å². The van der Waals surface area contributed by atoms with E-state index in [0.29, 0.717) is 12.0 Å². The SMILES string of the molecule is Cc1cc(I)ccc1Cc1cc(F)cc(OCC[C@@H](O)CO)c1C(N)=O. The average Bonchev–Trinajstić information content (AvgIpc) is 2.56. The van der Waals surface area contributed by atoms with E-state index in [1.54, 1.807) is 0 Å². The number of primary amides is 1. The Balaban J connectivity index is 2.34. The zero-order valence-corrected chi connectivity index (χ0v) is 16.5. The molecule has 0 aliphatic rings. The Morgan fingerprint density at radius 3 is 2.65 bits per heavy atom. The summed E-state index contributed by atoms with van der Waals surface area (Å²) in [6.45, 7) is 1.58. The highest BCUT2D eigenvalue weighted by molar-refractivity contribution is 14.1. The highest BCUT2D eigenvalue weighted by atomic mass is 127. The molecule has 140 valence electrons. The van der Waals surface area contributed by atoms with E-state index in [0.717, 1.165) is 20.8 Å². The monoisotopic (exact) mass is 473 g/mol. The van der Waals surface area contributed by atoms with Gasteiger partial charge in [-0.2, -0.15) is 0 Å². The minimum absolute atomic E-state index is 0.0213. The zero-order valence-electron chi connectivity index (χ0n) is 14.3. The highest BCUT2D eigenvalue weighted by Crippen LogP contribution is 2.27. The molecule has 0 unspecified atom stereocenters. The largest absolute Gasteiger partial charge is 0.493 e. The van der Waals surface area contributed by atoms with Crippen molar-refractivity contribution in [1.29, 1.82) is 0 Å². The fourth-order valence-electron chi connectivity index (χ4n) is 2.63.